The summed E-state index contributed by atoms with van der Waals surface area (Å²) < 4.78 is 11.3. The van der Waals surface area contributed by atoms with Crippen molar-refractivity contribution in [3.05, 3.63) is 78.6 Å². The molecule has 3 heterocycles. The number of aromatic amines is 1. The monoisotopic (exact) mass is 355 g/mol. The SMILES string of the molecule is O=C(Oc1ccc2nc(-c3ccccn3)oc2c1)c1ccc2cc[nH]c2c1. The van der Waals surface area contributed by atoms with Gasteiger partial charge in [-0.1, -0.05) is 12.1 Å². The summed E-state index contributed by atoms with van der Waals surface area (Å²) in [6, 6.07) is 17.9. The van der Waals surface area contributed by atoms with Crippen molar-refractivity contribution in [1.82, 2.24) is 15.0 Å². The van der Waals surface area contributed by atoms with E-state index in [0.29, 0.717) is 34.0 Å². The van der Waals surface area contributed by atoms with E-state index in [9.17, 15) is 4.79 Å². The number of esters is 1. The number of nitrogens with zero attached hydrogens (tertiary/aromatic N) is 2. The lowest BCUT2D eigenvalue weighted by Gasteiger charge is -2.04. The zero-order valence-corrected chi connectivity index (χ0v) is 14.0. The number of fused-ring (bicyclic) bond motifs is 2. The summed E-state index contributed by atoms with van der Waals surface area (Å²) in [5.74, 6) is 0.379. The first-order chi connectivity index (χ1) is 13.3. The topological polar surface area (TPSA) is 81.0 Å². The maximum Gasteiger partial charge on any atom is 0.343 e. The highest BCUT2D eigenvalue weighted by molar-refractivity contribution is 5.95. The van der Waals surface area contributed by atoms with Crippen LogP contribution in [0.15, 0.2) is 77.5 Å². The number of hydrogen-bond acceptors (Lipinski definition) is 5. The second-order valence-corrected chi connectivity index (χ2v) is 6.03. The summed E-state index contributed by atoms with van der Waals surface area (Å²) in [4.78, 5) is 24.2. The van der Waals surface area contributed by atoms with Crippen molar-refractivity contribution < 1.29 is 13.9 Å². The molecule has 6 heteroatoms. The quantitative estimate of drug-likeness (QED) is 0.378. The Kier molecular flexibility index (Phi) is 3.47. The van der Waals surface area contributed by atoms with Crippen LogP contribution in [0, 0.1) is 0 Å². The lowest BCUT2D eigenvalue weighted by atomic mass is 10.2. The molecule has 0 atom stereocenters. The molecule has 27 heavy (non-hydrogen) atoms. The van der Waals surface area contributed by atoms with Crippen LogP contribution in [-0.4, -0.2) is 20.9 Å². The highest BCUT2D eigenvalue weighted by Gasteiger charge is 2.13. The summed E-state index contributed by atoms with van der Waals surface area (Å²) in [5, 5.41) is 1.04. The normalized spacial score (nSPS) is 11.1. The molecule has 0 saturated heterocycles. The Hall–Kier alpha value is -3.93. The van der Waals surface area contributed by atoms with Crippen molar-refractivity contribution in [2.45, 2.75) is 0 Å². The van der Waals surface area contributed by atoms with Gasteiger partial charge in [0.15, 0.2) is 5.58 Å². The van der Waals surface area contributed by atoms with Gasteiger partial charge in [-0.05, 0) is 47.9 Å². The minimum Gasteiger partial charge on any atom is -0.435 e. The van der Waals surface area contributed by atoms with Crippen LogP contribution in [0.3, 0.4) is 0 Å². The van der Waals surface area contributed by atoms with Gasteiger partial charge in [-0.15, -0.1) is 0 Å². The Bertz CT molecular complexity index is 1270. The number of benzene rings is 2. The van der Waals surface area contributed by atoms with Gasteiger partial charge >= 0.3 is 5.97 Å². The molecule has 6 nitrogen and oxygen atoms in total. The highest BCUT2D eigenvalue weighted by atomic mass is 16.5. The van der Waals surface area contributed by atoms with Gasteiger partial charge in [0.05, 0.1) is 5.56 Å². The molecule has 0 bridgehead atoms. The van der Waals surface area contributed by atoms with E-state index in [0.717, 1.165) is 10.9 Å². The molecule has 5 aromatic rings. The molecule has 0 aliphatic rings. The van der Waals surface area contributed by atoms with Gasteiger partial charge in [0.1, 0.15) is 17.0 Å². The average molecular weight is 355 g/mol. The number of pyridine rings is 1. The molecular weight excluding hydrogens is 342 g/mol. The third-order valence-corrected chi connectivity index (χ3v) is 4.25. The number of rotatable bonds is 3. The maximum atomic E-state index is 12.5. The van der Waals surface area contributed by atoms with Gasteiger partial charge in [-0.2, -0.15) is 0 Å². The van der Waals surface area contributed by atoms with E-state index in [-0.39, 0.29) is 0 Å². The Morgan fingerprint density at radius 1 is 1.04 bits per heavy atom. The first-order valence-electron chi connectivity index (χ1n) is 8.38. The van der Waals surface area contributed by atoms with Crippen molar-refractivity contribution in [2.24, 2.45) is 0 Å². The Morgan fingerprint density at radius 2 is 2.00 bits per heavy atom. The molecule has 2 aromatic carbocycles. The first-order valence-corrected chi connectivity index (χ1v) is 8.38. The maximum absolute atomic E-state index is 12.5. The lowest BCUT2D eigenvalue weighted by molar-refractivity contribution is 0.0735. The number of carbonyl (C=O) groups excluding carboxylic acids is 1. The molecule has 0 spiro atoms. The van der Waals surface area contributed by atoms with Crippen LogP contribution in [0.2, 0.25) is 0 Å². The summed E-state index contributed by atoms with van der Waals surface area (Å²) in [7, 11) is 0. The van der Waals surface area contributed by atoms with E-state index in [4.69, 9.17) is 9.15 Å². The molecule has 1 N–H and O–H groups in total. The van der Waals surface area contributed by atoms with Crippen LogP contribution in [0.1, 0.15) is 10.4 Å². The smallest absolute Gasteiger partial charge is 0.343 e. The predicted molar refractivity (Wildman–Crippen MR) is 100 cm³/mol. The minimum atomic E-state index is -0.435. The third-order valence-electron chi connectivity index (χ3n) is 4.25. The molecular formula is C21H13N3O3. The predicted octanol–water partition coefficient (Wildman–Crippen LogP) is 4.59. The van der Waals surface area contributed by atoms with Gasteiger partial charge < -0.3 is 14.1 Å². The molecule has 130 valence electrons. The van der Waals surface area contributed by atoms with Crippen molar-refractivity contribution in [3.63, 3.8) is 0 Å². The number of H-pyrrole nitrogens is 1. The molecule has 0 saturated carbocycles. The highest BCUT2D eigenvalue weighted by Crippen LogP contribution is 2.26. The zero-order chi connectivity index (χ0) is 18.2. The molecule has 3 aromatic heterocycles. The van der Waals surface area contributed by atoms with Crippen LogP contribution >= 0.6 is 0 Å². The molecule has 0 unspecified atom stereocenters. The molecule has 0 aliphatic heterocycles. The molecule has 5 rings (SSSR count). The van der Waals surface area contributed by atoms with E-state index in [1.165, 1.54) is 0 Å². The Morgan fingerprint density at radius 3 is 2.89 bits per heavy atom. The minimum absolute atomic E-state index is 0.391. The number of oxazole rings is 1. The Balaban J connectivity index is 1.43. The second kappa shape index (κ2) is 6.10. The fourth-order valence-corrected chi connectivity index (χ4v) is 2.91. The van der Waals surface area contributed by atoms with E-state index >= 15 is 0 Å². The van der Waals surface area contributed by atoms with Gasteiger partial charge in [0.25, 0.3) is 0 Å². The van der Waals surface area contributed by atoms with Crippen molar-refractivity contribution in [2.75, 3.05) is 0 Å². The van der Waals surface area contributed by atoms with E-state index in [1.807, 2.05) is 36.5 Å². The van der Waals surface area contributed by atoms with Gasteiger partial charge in [0, 0.05) is 24.0 Å². The van der Waals surface area contributed by atoms with Crippen LogP contribution in [0.4, 0.5) is 0 Å². The number of aromatic nitrogens is 3. The fourth-order valence-electron chi connectivity index (χ4n) is 2.91. The fraction of sp³-hybridized carbons (Fsp3) is 0. The number of ether oxygens (including phenoxy) is 1. The number of carbonyl (C=O) groups is 1. The van der Waals surface area contributed by atoms with Crippen molar-refractivity contribution >= 4 is 28.0 Å². The van der Waals surface area contributed by atoms with E-state index in [1.54, 1.807) is 36.5 Å². The van der Waals surface area contributed by atoms with Gasteiger partial charge in [-0.25, -0.2) is 9.78 Å². The number of nitrogens with one attached hydrogen (secondary N) is 1. The second-order valence-electron chi connectivity index (χ2n) is 6.03. The average Bonchev–Trinajstić information content (AvgIpc) is 3.34. The molecule has 0 fully saturated rings. The molecule has 0 amide bonds. The van der Waals surface area contributed by atoms with Crippen molar-refractivity contribution in [3.8, 4) is 17.3 Å². The lowest BCUT2D eigenvalue weighted by Crippen LogP contribution is -2.08. The van der Waals surface area contributed by atoms with E-state index in [2.05, 4.69) is 15.0 Å². The number of hydrogen-bond donors (Lipinski definition) is 1. The third kappa shape index (κ3) is 2.83. The van der Waals surface area contributed by atoms with Crippen LogP contribution in [0.25, 0.3) is 33.6 Å². The standard InChI is InChI=1S/C21H13N3O3/c25-21(14-5-4-13-8-10-23-18(13)11-14)26-15-6-7-16-19(12-15)27-20(24-16)17-3-1-2-9-22-17/h1-12,23H. The summed E-state index contributed by atoms with van der Waals surface area (Å²) in [5.41, 5.74) is 3.20. The van der Waals surface area contributed by atoms with Crippen molar-refractivity contribution in [1.29, 1.82) is 0 Å². The van der Waals surface area contributed by atoms with Gasteiger partial charge in [-0.3, -0.25) is 4.98 Å². The van der Waals surface area contributed by atoms with Gasteiger partial charge in [0.2, 0.25) is 5.89 Å². The van der Waals surface area contributed by atoms with Crippen LogP contribution in [0.5, 0.6) is 5.75 Å². The Labute approximate surface area is 153 Å². The van der Waals surface area contributed by atoms with E-state index < -0.39 is 5.97 Å². The summed E-state index contributed by atoms with van der Waals surface area (Å²) >= 11 is 0. The van der Waals surface area contributed by atoms with Crippen LogP contribution in [-0.2, 0) is 0 Å². The summed E-state index contributed by atoms with van der Waals surface area (Å²) in [6.45, 7) is 0. The molecule has 0 radical (unpaired) electrons. The molecule has 0 aliphatic carbocycles. The van der Waals surface area contributed by atoms with Crippen LogP contribution < -0.4 is 4.74 Å². The zero-order valence-electron chi connectivity index (χ0n) is 14.0. The largest absolute Gasteiger partial charge is 0.435 e. The summed E-state index contributed by atoms with van der Waals surface area (Å²) in [6.07, 6.45) is 3.51. The first kappa shape index (κ1) is 15.3.